The molecule has 0 saturated carbocycles. The molecule has 0 aliphatic carbocycles. The zero-order valence-corrected chi connectivity index (χ0v) is 19.7. The maximum Gasteiger partial charge on any atom is 0.213 e. The predicted octanol–water partition coefficient (Wildman–Crippen LogP) is 5.59. The first kappa shape index (κ1) is 22.7. The van der Waals surface area contributed by atoms with Gasteiger partial charge in [-0.15, -0.1) is 0 Å². The Bertz CT molecular complexity index is 1430. The number of aromatic nitrogens is 4. The Morgan fingerprint density at radius 1 is 0.829 bits per heavy atom. The SMILES string of the molecule is CN(C)CCCOc1ccc(-c2ccn3c(-c4ccnc(-c5ccc(F)cc5)c4)cnc3c2)cn1. The largest absolute Gasteiger partial charge is 0.478 e. The van der Waals surface area contributed by atoms with Crippen molar-refractivity contribution < 1.29 is 9.13 Å². The molecule has 0 N–H and O–H groups in total. The monoisotopic (exact) mass is 467 g/mol. The van der Waals surface area contributed by atoms with E-state index in [1.54, 1.807) is 18.3 Å². The highest BCUT2D eigenvalue weighted by Gasteiger charge is 2.10. The van der Waals surface area contributed by atoms with Crippen LogP contribution in [0.3, 0.4) is 0 Å². The molecule has 176 valence electrons. The number of ether oxygens (including phenoxy) is 1. The van der Waals surface area contributed by atoms with E-state index in [4.69, 9.17) is 4.74 Å². The first-order valence-electron chi connectivity index (χ1n) is 11.5. The average Bonchev–Trinajstić information content (AvgIpc) is 3.31. The maximum absolute atomic E-state index is 13.3. The van der Waals surface area contributed by atoms with Gasteiger partial charge in [0.1, 0.15) is 11.5 Å². The highest BCUT2D eigenvalue weighted by molar-refractivity contribution is 5.73. The Kier molecular flexibility index (Phi) is 6.50. The summed E-state index contributed by atoms with van der Waals surface area (Å²) in [6.45, 7) is 1.63. The summed E-state index contributed by atoms with van der Waals surface area (Å²) < 4.78 is 21.1. The van der Waals surface area contributed by atoms with Gasteiger partial charge in [0.15, 0.2) is 0 Å². The van der Waals surface area contributed by atoms with Crippen LogP contribution in [0.2, 0.25) is 0 Å². The van der Waals surface area contributed by atoms with Crippen molar-refractivity contribution in [3.05, 3.63) is 91.3 Å². The standard InChI is InChI=1S/C28H26FN5O/c1-33(2)13-3-15-35-28-9-6-23(18-32-28)21-11-14-34-26(19-31-27(34)17-21)22-10-12-30-25(16-22)20-4-7-24(29)8-5-20/h4-12,14,16-19H,3,13,15H2,1-2H3. The predicted molar refractivity (Wildman–Crippen MR) is 136 cm³/mol. The summed E-state index contributed by atoms with van der Waals surface area (Å²) in [4.78, 5) is 15.7. The lowest BCUT2D eigenvalue weighted by Gasteiger charge is -2.10. The number of hydrogen-bond acceptors (Lipinski definition) is 5. The number of hydrogen-bond donors (Lipinski definition) is 0. The zero-order valence-electron chi connectivity index (χ0n) is 19.7. The normalized spacial score (nSPS) is 11.3. The summed E-state index contributed by atoms with van der Waals surface area (Å²) in [7, 11) is 4.10. The molecule has 0 saturated heterocycles. The van der Waals surface area contributed by atoms with Crippen LogP contribution >= 0.6 is 0 Å². The molecule has 0 aliphatic heterocycles. The molecular formula is C28H26FN5O. The molecule has 35 heavy (non-hydrogen) atoms. The van der Waals surface area contributed by atoms with Crippen molar-refractivity contribution in [3.63, 3.8) is 0 Å². The molecule has 0 atom stereocenters. The second-order valence-electron chi connectivity index (χ2n) is 8.61. The Balaban J connectivity index is 1.35. The van der Waals surface area contributed by atoms with E-state index in [0.29, 0.717) is 12.5 Å². The minimum atomic E-state index is -0.264. The topological polar surface area (TPSA) is 55.6 Å². The van der Waals surface area contributed by atoms with E-state index in [-0.39, 0.29) is 5.82 Å². The summed E-state index contributed by atoms with van der Waals surface area (Å²) in [5, 5.41) is 0. The molecule has 0 spiro atoms. The average molecular weight is 468 g/mol. The molecule has 0 bridgehead atoms. The third-order valence-corrected chi connectivity index (χ3v) is 5.78. The summed E-state index contributed by atoms with van der Waals surface area (Å²) in [5.41, 5.74) is 6.45. The smallest absolute Gasteiger partial charge is 0.213 e. The first-order valence-corrected chi connectivity index (χ1v) is 11.5. The van der Waals surface area contributed by atoms with Crippen molar-refractivity contribution >= 4 is 5.65 Å². The molecule has 0 fully saturated rings. The molecule has 0 aliphatic rings. The fourth-order valence-electron chi connectivity index (χ4n) is 3.94. The third kappa shape index (κ3) is 5.20. The van der Waals surface area contributed by atoms with Gasteiger partial charge >= 0.3 is 0 Å². The zero-order chi connectivity index (χ0) is 24.2. The van der Waals surface area contributed by atoms with Crippen LogP contribution in [0.5, 0.6) is 5.88 Å². The molecule has 5 aromatic rings. The number of pyridine rings is 3. The highest BCUT2D eigenvalue weighted by Crippen LogP contribution is 2.28. The van der Waals surface area contributed by atoms with Crippen molar-refractivity contribution in [2.75, 3.05) is 27.2 Å². The van der Waals surface area contributed by atoms with E-state index in [9.17, 15) is 4.39 Å². The molecular weight excluding hydrogens is 441 g/mol. The van der Waals surface area contributed by atoms with E-state index in [0.717, 1.165) is 52.3 Å². The molecule has 0 unspecified atom stereocenters. The molecule has 5 rings (SSSR count). The van der Waals surface area contributed by atoms with Gasteiger partial charge in [0.25, 0.3) is 0 Å². The lowest BCUT2D eigenvalue weighted by molar-refractivity contribution is 0.273. The molecule has 0 amide bonds. The number of fused-ring (bicyclic) bond motifs is 1. The molecule has 4 aromatic heterocycles. The van der Waals surface area contributed by atoms with Gasteiger partial charge in [-0.25, -0.2) is 14.4 Å². The van der Waals surface area contributed by atoms with Gasteiger partial charge in [0, 0.05) is 47.9 Å². The van der Waals surface area contributed by atoms with Crippen LogP contribution in [0.4, 0.5) is 4.39 Å². The second-order valence-corrected chi connectivity index (χ2v) is 8.61. The van der Waals surface area contributed by atoms with Crippen LogP contribution < -0.4 is 4.74 Å². The Hall–Kier alpha value is -4.10. The molecule has 0 radical (unpaired) electrons. The van der Waals surface area contributed by atoms with Crippen LogP contribution in [-0.2, 0) is 0 Å². The summed E-state index contributed by atoms with van der Waals surface area (Å²) >= 11 is 0. The Morgan fingerprint density at radius 2 is 1.66 bits per heavy atom. The molecule has 1 aromatic carbocycles. The van der Waals surface area contributed by atoms with Gasteiger partial charge in [-0.1, -0.05) is 0 Å². The number of imidazole rings is 1. The van der Waals surface area contributed by atoms with Gasteiger partial charge in [-0.2, -0.15) is 0 Å². The number of nitrogens with zero attached hydrogens (tertiary/aromatic N) is 5. The minimum Gasteiger partial charge on any atom is -0.478 e. The lowest BCUT2D eigenvalue weighted by atomic mass is 10.1. The third-order valence-electron chi connectivity index (χ3n) is 5.78. The van der Waals surface area contributed by atoms with Crippen LogP contribution in [0.25, 0.3) is 39.3 Å². The van der Waals surface area contributed by atoms with Crippen LogP contribution in [0.15, 0.2) is 85.5 Å². The van der Waals surface area contributed by atoms with Crippen molar-refractivity contribution in [1.29, 1.82) is 0 Å². The van der Waals surface area contributed by atoms with Crippen molar-refractivity contribution in [2.24, 2.45) is 0 Å². The van der Waals surface area contributed by atoms with Crippen LogP contribution in [0.1, 0.15) is 6.42 Å². The van der Waals surface area contributed by atoms with E-state index in [1.165, 1.54) is 12.1 Å². The summed E-state index contributed by atoms with van der Waals surface area (Å²) in [5.74, 6) is 0.367. The van der Waals surface area contributed by atoms with Gasteiger partial charge in [0.2, 0.25) is 5.88 Å². The van der Waals surface area contributed by atoms with Gasteiger partial charge in [0.05, 0.1) is 24.2 Å². The molecule has 6 nitrogen and oxygen atoms in total. The Labute approximate surface area is 203 Å². The van der Waals surface area contributed by atoms with Crippen LogP contribution in [0, 0.1) is 5.82 Å². The number of benzene rings is 1. The summed E-state index contributed by atoms with van der Waals surface area (Å²) in [6.07, 6.45) is 8.41. The minimum absolute atomic E-state index is 0.264. The molecule has 7 heteroatoms. The van der Waals surface area contributed by atoms with E-state index in [2.05, 4.69) is 40.0 Å². The lowest BCUT2D eigenvalue weighted by Crippen LogP contribution is -2.15. The Morgan fingerprint density at radius 3 is 2.43 bits per heavy atom. The maximum atomic E-state index is 13.3. The van der Waals surface area contributed by atoms with E-state index in [1.807, 2.05) is 53.3 Å². The van der Waals surface area contributed by atoms with E-state index >= 15 is 0 Å². The molecule has 4 heterocycles. The quantitative estimate of drug-likeness (QED) is 0.278. The summed E-state index contributed by atoms with van der Waals surface area (Å²) in [6, 6.07) is 18.3. The second kappa shape index (κ2) is 10.0. The van der Waals surface area contributed by atoms with Crippen LogP contribution in [-0.4, -0.2) is 51.5 Å². The van der Waals surface area contributed by atoms with E-state index < -0.39 is 0 Å². The number of rotatable bonds is 8. The highest BCUT2D eigenvalue weighted by atomic mass is 19.1. The van der Waals surface area contributed by atoms with Gasteiger partial charge in [-0.3, -0.25) is 9.38 Å². The fourth-order valence-corrected chi connectivity index (χ4v) is 3.94. The van der Waals surface area contributed by atoms with Crippen molar-refractivity contribution in [1.82, 2.24) is 24.3 Å². The van der Waals surface area contributed by atoms with Gasteiger partial charge in [-0.05, 0) is 80.7 Å². The van der Waals surface area contributed by atoms with Crippen molar-refractivity contribution in [3.8, 4) is 39.5 Å². The fraction of sp³-hybridized carbons (Fsp3) is 0.179. The van der Waals surface area contributed by atoms with Crippen molar-refractivity contribution in [2.45, 2.75) is 6.42 Å². The number of halogens is 1. The van der Waals surface area contributed by atoms with Gasteiger partial charge < -0.3 is 9.64 Å². The first-order chi connectivity index (χ1) is 17.1.